The summed E-state index contributed by atoms with van der Waals surface area (Å²) < 4.78 is 5.40. The summed E-state index contributed by atoms with van der Waals surface area (Å²) in [6.07, 6.45) is 0.734. The summed E-state index contributed by atoms with van der Waals surface area (Å²) in [5.41, 5.74) is 2.83. The van der Waals surface area contributed by atoms with Crippen molar-refractivity contribution in [2.45, 2.75) is 32.6 Å². The molecule has 3 N–H and O–H groups in total. The standard InChI is InChI=1S/C26H34N4O6/c1-18-8-5-6-9-20(18)27-26(35)28-21-12-11-19(16-22(21)36-4)17-24(32)29(2)14-7-10-23(31)30(3)15-13-25(33)34/h5-6,8-9,11-12,16H,7,10,13-15,17H2,1-4H3,(H,33,34)(H2,27,28,35). The zero-order chi connectivity index (χ0) is 26.7. The molecule has 4 amide bonds. The number of aryl methyl sites for hydroxylation is 1. The van der Waals surface area contributed by atoms with Crippen LogP contribution in [-0.4, -0.2) is 73.0 Å². The summed E-state index contributed by atoms with van der Waals surface area (Å²) in [5, 5.41) is 14.3. The highest BCUT2D eigenvalue weighted by atomic mass is 16.5. The number of carboxylic acid groups (broad SMARTS) is 1. The minimum atomic E-state index is -0.953. The molecule has 36 heavy (non-hydrogen) atoms. The number of nitrogens with zero attached hydrogens (tertiary/aromatic N) is 2. The molecule has 0 heterocycles. The predicted octanol–water partition coefficient (Wildman–Crippen LogP) is 3.36. The molecule has 0 spiro atoms. The lowest BCUT2D eigenvalue weighted by Gasteiger charge is -2.19. The molecule has 10 heteroatoms. The molecular formula is C26H34N4O6. The lowest BCUT2D eigenvalue weighted by atomic mass is 10.1. The smallest absolute Gasteiger partial charge is 0.323 e. The highest BCUT2D eigenvalue weighted by molar-refractivity contribution is 6.01. The Bertz CT molecular complexity index is 1090. The molecule has 0 aliphatic rings. The van der Waals surface area contributed by atoms with Crippen molar-refractivity contribution in [3.8, 4) is 5.75 Å². The van der Waals surface area contributed by atoms with Crippen molar-refractivity contribution in [3.63, 3.8) is 0 Å². The molecule has 0 unspecified atom stereocenters. The molecule has 0 saturated carbocycles. The Balaban J connectivity index is 1.87. The average Bonchev–Trinajstić information content (AvgIpc) is 2.84. The molecule has 0 saturated heterocycles. The van der Waals surface area contributed by atoms with E-state index in [2.05, 4.69) is 10.6 Å². The van der Waals surface area contributed by atoms with Gasteiger partial charge in [-0.05, 0) is 42.7 Å². The fraction of sp³-hybridized carbons (Fsp3) is 0.385. The molecule has 10 nitrogen and oxygen atoms in total. The number of hydrogen-bond acceptors (Lipinski definition) is 5. The van der Waals surface area contributed by atoms with Crippen molar-refractivity contribution in [1.29, 1.82) is 0 Å². The third-order valence-electron chi connectivity index (χ3n) is 5.66. The van der Waals surface area contributed by atoms with Crippen molar-refractivity contribution < 1.29 is 29.0 Å². The molecule has 2 aromatic carbocycles. The number of methoxy groups -OCH3 is 1. The number of aliphatic carboxylic acids is 1. The minimum absolute atomic E-state index is 0.101. The van der Waals surface area contributed by atoms with E-state index in [1.54, 1.807) is 37.2 Å². The first-order valence-corrected chi connectivity index (χ1v) is 11.6. The fourth-order valence-corrected chi connectivity index (χ4v) is 3.42. The molecule has 0 aromatic heterocycles. The van der Waals surface area contributed by atoms with E-state index >= 15 is 0 Å². The Kier molecular flexibility index (Phi) is 10.7. The molecule has 0 bridgehead atoms. The van der Waals surface area contributed by atoms with Gasteiger partial charge in [-0.1, -0.05) is 24.3 Å². The van der Waals surface area contributed by atoms with Gasteiger partial charge in [0, 0.05) is 39.3 Å². The highest BCUT2D eigenvalue weighted by Crippen LogP contribution is 2.26. The molecule has 2 rings (SSSR count). The van der Waals surface area contributed by atoms with Crippen LogP contribution >= 0.6 is 0 Å². The van der Waals surface area contributed by atoms with Gasteiger partial charge in [0.1, 0.15) is 5.75 Å². The SMILES string of the molecule is COc1cc(CC(=O)N(C)CCCC(=O)N(C)CCC(=O)O)ccc1NC(=O)Nc1ccccc1C. The third-order valence-corrected chi connectivity index (χ3v) is 5.66. The molecule has 0 aliphatic carbocycles. The predicted molar refractivity (Wildman–Crippen MR) is 137 cm³/mol. The maximum absolute atomic E-state index is 12.6. The largest absolute Gasteiger partial charge is 0.495 e. The summed E-state index contributed by atoms with van der Waals surface area (Å²) in [5.74, 6) is -0.804. The number of hydrogen-bond donors (Lipinski definition) is 3. The van der Waals surface area contributed by atoms with Crippen LogP contribution in [0.4, 0.5) is 16.2 Å². The van der Waals surface area contributed by atoms with Gasteiger partial charge in [0.15, 0.2) is 0 Å². The Morgan fingerprint density at radius 2 is 1.56 bits per heavy atom. The molecule has 0 radical (unpaired) electrons. The van der Waals surface area contributed by atoms with Crippen LogP contribution in [0, 0.1) is 6.92 Å². The van der Waals surface area contributed by atoms with Crippen LogP contribution in [0.2, 0.25) is 0 Å². The van der Waals surface area contributed by atoms with Crippen molar-refractivity contribution in [3.05, 3.63) is 53.6 Å². The first kappa shape index (κ1) is 28.2. The Hall–Kier alpha value is -4.08. The van der Waals surface area contributed by atoms with Gasteiger partial charge in [0.25, 0.3) is 0 Å². The average molecular weight is 499 g/mol. The van der Waals surface area contributed by atoms with Crippen LogP contribution in [0.25, 0.3) is 0 Å². The number of urea groups is 1. The second-order valence-corrected chi connectivity index (χ2v) is 8.48. The van der Waals surface area contributed by atoms with Crippen LogP contribution in [0.1, 0.15) is 30.4 Å². The molecule has 0 atom stereocenters. The van der Waals surface area contributed by atoms with Gasteiger partial charge in [-0.2, -0.15) is 0 Å². The summed E-state index contributed by atoms with van der Waals surface area (Å²) in [6.45, 7) is 2.45. The van der Waals surface area contributed by atoms with Gasteiger partial charge in [-0.25, -0.2) is 4.79 Å². The number of nitrogens with one attached hydrogen (secondary N) is 2. The number of amides is 4. The summed E-state index contributed by atoms with van der Waals surface area (Å²) in [6, 6.07) is 12.2. The molecule has 0 fully saturated rings. The number of carbonyl (C=O) groups excluding carboxylic acids is 3. The number of para-hydroxylation sites is 1. The number of anilines is 2. The number of carbonyl (C=O) groups is 4. The maximum Gasteiger partial charge on any atom is 0.323 e. The van der Waals surface area contributed by atoms with Crippen LogP contribution in [0.3, 0.4) is 0 Å². The normalized spacial score (nSPS) is 10.3. The molecule has 2 aromatic rings. The van der Waals surface area contributed by atoms with Gasteiger partial charge >= 0.3 is 12.0 Å². The van der Waals surface area contributed by atoms with Gasteiger partial charge < -0.3 is 30.3 Å². The van der Waals surface area contributed by atoms with Gasteiger partial charge in [-0.15, -0.1) is 0 Å². The van der Waals surface area contributed by atoms with Gasteiger partial charge in [-0.3, -0.25) is 14.4 Å². The van der Waals surface area contributed by atoms with Crippen molar-refractivity contribution in [2.24, 2.45) is 0 Å². The van der Waals surface area contributed by atoms with E-state index < -0.39 is 12.0 Å². The van der Waals surface area contributed by atoms with E-state index in [1.165, 1.54) is 12.0 Å². The Labute approximate surface area is 211 Å². The number of ether oxygens (including phenoxy) is 1. The first-order valence-electron chi connectivity index (χ1n) is 11.6. The van der Waals surface area contributed by atoms with E-state index in [-0.39, 0.29) is 37.6 Å². The second-order valence-electron chi connectivity index (χ2n) is 8.48. The molecule has 0 aliphatic heterocycles. The zero-order valence-corrected chi connectivity index (χ0v) is 21.2. The number of carboxylic acids is 1. The van der Waals surface area contributed by atoms with Crippen molar-refractivity contribution >= 4 is 35.2 Å². The monoisotopic (exact) mass is 498 g/mol. The van der Waals surface area contributed by atoms with Crippen LogP contribution < -0.4 is 15.4 Å². The van der Waals surface area contributed by atoms with E-state index in [0.717, 1.165) is 11.1 Å². The third kappa shape index (κ3) is 8.94. The Morgan fingerprint density at radius 3 is 2.22 bits per heavy atom. The van der Waals surface area contributed by atoms with E-state index in [9.17, 15) is 19.2 Å². The van der Waals surface area contributed by atoms with Crippen molar-refractivity contribution in [1.82, 2.24) is 9.80 Å². The van der Waals surface area contributed by atoms with Crippen LogP contribution in [0.5, 0.6) is 5.75 Å². The van der Waals surface area contributed by atoms with E-state index in [1.807, 2.05) is 31.2 Å². The minimum Gasteiger partial charge on any atom is -0.495 e. The summed E-state index contributed by atoms with van der Waals surface area (Å²) in [4.78, 5) is 50.7. The molecular weight excluding hydrogens is 464 g/mol. The Morgan fingerprint density at radius 1 is 0.889 bits per heavy atom. The quantitative estimate of drug-likeness (QED) is 0.412. The highest BCUT2D eigenvalue weighted by Gasteiger charge is 2.15. The summed E-state index contributed by atoms with van der Waals surface area (Å²) >= 11 is 0. The first-order chi connectivity index (χ1) is 17.1. The zero-order valence-electron chi connectivity index (χ0n) is 21.2. The van der Waals surface area contributed by atoms with Gasteiger partial charge in [0.2, 0.25) is 11.8 Å². The van der Waals surface area contributed by atoms with E-state index in [4.69, 9.17) is 9.84 Å². The second kappa shape index (κ2) is 13.7. The molecule has 194 valence electrons. The van der Waals surface area contributed by atoms with Crippen LogP contribution in [-0.2, 0) is 20.8 Å². The van der Waals surface area contributed by atoms with Gasteiger partial charge in [0.05, 0.1) is 25.6 Å². The van der Waals surface area contributed by atoms with E-state index in [0.29, 0.717) is 30.1 Å². The fourth-order valence-electron chi connectivity index (χ4n) is 3.42. The number of likely N-dealkylation sites (N-methyl/N-ethyl adjacent to an activating group) is 1. The number of rotatable bonds is 12. The number of benzene rings is 2. The topological polar surface area (TPSA) is 128 Å². The van der Waals surface area contributed by atoms with Crippen molar-refractivity contribution in [2.75, 3.05) is 44.9 Å². The maximum atomic E-state index is 12.6. The lowest BCUT2D eigenvalue weighted by Crippen LogP contribution is -2.32. The lowest BCUT2D eigenvalue weighted by molar-refractivity contribution is -0.138. The summed E-state index contributed by atoms with van der Waals surface area (Å²) in [7, 11) is 4.73. The van der Waals surface area contributed by atoms with Crippen LogP contribution in [0.15, 0.2) is 42.5 Å².